The highest BCUT2D eigenvalue weighted by atomic mass is 16.3. The van der Waals surface area contributed by atoms with Crippen LogP contribution in [0.4, 0.5) is 0 Å². The van der Waals surface area contributed by atoms with Crippen molar-refractivity contribution in [3.8, 4) is 0 Å². The Labute approximate surface area is 117 Å². The van der Waals surface area contributed by atoms with Gasteiger partial charge in [-0.3, -0.25) is 0 Å². The minimum atomic E-state index is -0.239. The Morgan fingerprint density at radius 1 is 1.26 bits per heavy atom. The Balaban J connectivity index is 1.80. The van der Waals surface area contributed by atoms with Gasteiger partial charge in [-0.2, -0.15) is 0 Å². The fourth-order valence-electron chi connectivity index (χ4n) is 2.95. The van der Waals surface area contributed by atoms with Crippen LogP contribution in [-0.4, -0.2) is 23.8 Å². The van der Waals surface area contributed by atoms with Crippen molar-refractivity contribution in [1.29, 1.82) is 0 Å². The number of aliphatic hydroxyl groups is 1. The molecule has 1 aromatic rings. The number of fused-ring (bicyclic) bond motifs is 1. The van der Waals surface area contributed by atoms with E-state index in [1.165, 1.54) is 17.5 Å². The fraction of sp³-hybridized carbons (Fsp3) is 0.647. The van der Waals surface area contributed by atoms with E-state index < -0.39 is 0 Å². The molecule has 0 saturated heterocycles. The molecule has 0 aromatic heterocycles. The lowest BCUT2D eigenvalue weighted by Gasteiger charge is -2.28. The molecule has 0 spiro atoms. The molecule has 2 heteroatoms. The minimum Gasteiger partial charge on any atom is -0.392 e. The Bertz CT molecular complexity index is 408. The number of aryl methyl sites for hydroxylation is 1. The van der Waals surface area contributed by atoms with Gasteiger partial charge in [0.2, 0.25) is 0 Å². The topological polar surface area (TPSA) is 32.3 Å². The van der Waals surface area contributed by atoms with Crippen LogP contribution in [0.3, 0.4) is 0 Å². The van der Waals surface area contributed by atoms with Crippen LogP contribution in [0.25, 0.3) is 0 Å². The van der Waals surface area contributed by atoms with Gasteiger partial charge in [0.15, 0.2) is 0 Å². The average Bonchev–Trinajstić information content (AvgIpc) is 2.34. The lowest BCUT2D eigenvalue weighted by Crippen LogP contribution is -2.40. The zero-order valence-corrected chi connectivity index (χ0v) is 12.4. The van der Waals surface area contributed by atoms with Gasteiger partial charge in [-0.25, -0.2) is 0 Å². The molecule has 2 N–H and O–H groups in total. The molecule has 0 aliphatic heterocycles. The van der Waals surface area contributed by atoms with E-state index in [4.69, 9.17) is 0 Å². The summed E-state index contributed by atoms with van der Waals surface area (Å²) in [4.78, 5) is 0. The van der Waals surface area contributed by atoms with E-state index in [1.807, 2.05) is 0 Å². The fourth-order valence-corrected chi connectivity index (χ4v) is 2.95. The van der Waals surface area contributed by atoms with Gasteiger partial charge >= 0.3 is 0 Å². The number of rotatable bonds is 4. The predicted molar refractivity (Wildman–Crippen MR) is 80.3 cm³/mol. The molecule has 2 rings (SSSR count). The van der Waals surface area contributed by atoms with Crippen molar-refractivity contribution in [1.82, 2.24) is 5.32 Å². The highest BCUT2D eigenvalue weighted by Crippen LogP contribution is 2.22. The summed E-state index contributed by atoms with van der Waals surface area (Å²) in [5.74, 6) is 0. The van der Waals surface area contributed by atoms with Crippen LogP contribution >= 0.6 is 0 Å². The summed E-state index contributed by atoms with van der Waals surface area (Å²) in [5, 5.41) is 13.6. The lowest BCUT2D eigenvalue weighted by atomic mass is 9.87. The molecule has 0 bridgehead atoms. The van der Waals surface area contributed by atoms with Crippen LogP contribution < -0.4 is 5.32 Å². The van der Waals surface area contributed by atoms with E-state index in [0.717, 1.165) is 19.3 Å². The zero-order chi connectivity index (χ0) is 13.9. The summed E-state index contributed by atoms with van der Waals surface area (Å²) in [7, 11) is 0. The smallest absolute Gasteiger partial charge is 0.0669 e. The maximum absolute atomic E-state index is 10.0. The molecule has 2 unspecified atom stereocenters. The van der Waals surface area contributed by atoms with Gasteiger partial charge in [-0.15, -0.1) is 0 Å². The highest BCUT2D eigenvalue weighted by Gasteiger charge is 2.20. The van der Waals surface area contributed by atoms with Crippen LogP contribution in [0.15, 0.2) is 24.3 Å². The molecule has 0 radical (unpaired) electrons. The molecular weight excluding hydrogens is 234 g/mol. The third kappa shape index (κ3) is 4.63. The first-order chi connectivity index (χ1) is 8.94. The second kappa shape index (κ2) is 6.06. The second-order valence-electron chi connectivity index (χ2n) is 7.04. The largest absolute Gasteiger partial charge is 0.392 e. The molecule has 0 saturated carbocycles. The molecule has 106 valence electrons. The first kappa shape index (κ1) is 14.5. The van der Waals surface area contributed by atoms with Gasteiger partial charge in [0.25, 0.3) is 0 Å². The van der Waals surface area contributed by atoms with Crippen LogP contribution in [-0.2, 0) is 12.8 Å². The van der Waals surface area contributed by atoms with Crippen molar-refractivity contribution in [3.63, 3.8) is 0 Å². The Morgan fingerprint density at radius 3 is 2.63 bits per heavy atom. The molecule has 1 aliphatic rings. The van der Waals surface area contributed by atoms with Gasteiger partial charge in [-0.1, -0.05) is 45.0 Å². The predicted octanol–water partition coefficient (Wildman–Crippen LogP) is 2.93. The second-order valence-corrected chi connectivity index (χ2v) is 7.04. The summed E-state index contributed by atoms with van der Waals surface area (Å²) in [6.45, 7) is 7.23. The molecule has 0 heterocycles. The first-order valence-electron chi connectivity index (χ1n) is 7.42. The van der Waals surface area contributed by atoms with Crippen molar-refractivity contribution in [2.45, 2.75) is 58.6 Å². The van der Waals surface area contributed by atoms with Crippen LogP contribution in [0.1, 0.15) is 44.7 Å². The number of hydrogen-bond donors (Lipinski definition) is 2. The molecule has 2 atom stereocenters. The van der Waals surface area contributed by atoms with E-state index >= 15 is 0 Å². The Hall–Kier alpha value is -0.860. The SMILES string of the molecule is CC(C)(C)CC(O)CNC1CCc2ccccc2C1. The summed E-state index contributed by atoms with van der Waals surface area (Å²) in [6.07, 6.45) is 4.04. The molecule has 1 aliphatic carbocycles. The molecule has 0 fully saturated rings. The summed E-state index contributed by atoms with van der Waals surface area (Å²) >= 11 is 0. The zero-order valence-electron chi connectivity index (χ0n) is 12.4. The van der Waals surface area contributed by atoms with Crippen molar-refractivity contribution in [3.05, 3.63) is 35.4 Å². The maximum atomic E-state index is 10.0. The quantitative estimate of drug-likeness (QED) is 0.873. The maximum Gasteiger partial charge on any atom is 0.0669 e. The average molecular weight is 261 g/mol. The van der Waals surface area contributed by atoms with E-state index in [2.05, 4.69) is 50.4 Å². The van der Waals surface area contributed by atoms with Crippen molar-refractivity contribution in [2.75, 3.05) is 6.54 Å². The van der Waals surface area contributed by atoms with Gasteiger partial charge in [0.1, 0.15) is 0 Å². The van der Waals surface area contributed by atoms with E-state index in [-0.39, 0.29) is 11.5 Å². The number of benzene rings is 1. The molecule has 0 amide bonds. The van der Waals surface area contributed by atoms with Crippen molar-refractivity contribution >= 4 is 0 Å². The normalized spacial score (nSPS) is 20.9. The highest BCUT2D eigenvalue weighted by molar-refractivity contribution is 5.30. The third-order valence-electron chi connectivity index (χ3n) is 3.84. The van der Waals surface area contributed by atoms with Gasteiger partial charge < -0.3 is 10.4 Å². The van der Waals surface area contributed by atoms with Gasteiger partial charge in [-0.05, 0) is 42.2 Å². The Morgan fingerprint density at radius 2 is 1.95 bits per heavy atom. The molecule has 19 heavy (non-hydrogen) atoms. The van der Waals surface area contributed by atoms with Gasteiger partial charge in [0, 0.05) is 12.6 Å². The minimum absolute atomic E-state index is 0.195. The first-order valence-corrected chi connectivity index (χ1v) is 7.42. The molecule has 1 aromatic carbocycles. The number of nitrogens with one attached hydrogen (secondary N) is 1. The van der Waals surface area contributed by atoms with Crippen molar-refractivity contribution < 1.29 is 5.11 Å². The monoisotopic (exact) mass is 261 g/mol. The van der Waals surface area contributed by atoms with Gasteiger partial charge in [0.05, 0.1) is 6.10 Å². The van der Waals surface area contributed by atoms with E-state index in [1.54, 1.807) is 0 Å². The van der Waals surface area contributed by atoms with E-state index in [0.29, 0.717) is 12.6 Å². The number of aliphatic hydroxyl groups excluding tert-OH is 1. The Kier molecular flexibility index (Phi) is 4.64. The van der Waals surface area contributed by atoms with E-state index in [9.17, 15) is 5.11 Å². The third-order valence-corrected chi connectivity index (χ3v) is 3.84. The standard InChI is InChI=1S/C17H27NO/c1-17(2,3)11-16(19)12-18-15-9-8-13-6-4-5-7-14(13)10-15/h4-7,15-16,18-19H,8-12H2,1-3H3. The lowest BCUT2D eigenvalue weighted by molar-refractivity contribution is 0.116. The summed E-state index contributed by atoms with van der Waals surface area (Å²) in [5.41, 5.74) is 3.16. The number of hydrogen-bond acceptors (Lipinski definition) is 2. The van der Waals surface area contributed by atoms with Crippen LogP contribution in [0, 0.1) is 5.41 Å². The summed E-state index contributed by atoms with van der Waals surface area (Å²) < 4.78 is 0. The van der Waals surface area contributed by atoms with Crippen LogP contribution in [0.2, 0.25) is 0 Å². The molecule has 2 nitrogen and oxygen atoms in total. The van der Waals surface area contributed by atoms with Crippen LogP contribution in [0.5, 0.6) is 0 Å². The molecular formula is C17H27NO. The summed E-state index contributed by atoms with van der Waals surface area (Å²) in [6, 6.07) is 9.23. The van der Waals surface area contributed by atoms with Crippen molar-refractivity contribution in [2.24, 2.45) is 5.41 Å².